The minimum Gasteiger partial charge on any atom is -0.493 e. The second-order valence-corrected chi connectivity index (χ2v) is 9.19. The smallest absolute Gasteiger partial charge is 0.267 e. The fourth-order valence-electron chi connectivity index (χ4n) is 3.41. The van der Waals surface area contributed by atoms with Crippen molar-refractivity contribution in [2.45, 2.75) is 44.4 Å². The molecule has 1 aromatic rings. The standard InChI is InChI=1S/C19H26FNO5S/c1-25-8-9-27(23,24)21-19(22)16-10-15(14-6-7-14)18(11-17(16)20)26-12-13-4-2-3-5-13/h10-11,13-14H,2-9,12H2,1H3,(H,21,22). The van der Waals surface area contributed by atoms with Crippen molar-refractivity contribution in [1.82, 2.24) is 4.72 Å². The van der Waals surface area contributed by atoms with E-state index in [2.05, 4.69) is 0 Å². The highest BCUT2D eigenvalue weighted by Crippen LogP contribution is 2.45. The number of sulfonamides is 1. The molecule has 0 aliphatic heterocycles. The molecule has 0 heterocycles. The van der Waals surface area contributed by atoms with Gasteiger partial charge in [-0.1, -0.05) is 12.8 Å². The second-order valence-electron chi connectivity index (χ2n) is 7.35. The third-order valence-electron chi connectivity index (χ3n) is 5.11. The molecule has 0 radical (unpaired) electrons. The molecule has 1 N–H and O–H groups in total. The van der Waals surface area contributed by atoms with Crippen molar-refractivity contribution in [3.05, 3.63) is 29.1 Å². The van der Waals surface area contributed by atoms with Crippen LogP contribution in [-0.2, 0) is 14.8 Å². The van der Waals surface area contributed by atoms with Crippen LogP contribution < -0.4 is 9.46 Å². The van der Waals surface area contributed by atoms with E-state index in [1.54, 1.807) is 0 Å². The van der Waals surface area contributed by atoms with Gasteiger partial charge < -0.3 is 9.47 Å². The molecular weight excluding hydrogens is 373 g/mol. The average Bonchev–Trinajstić information content (AvgIpc) is 3.33. The first-order valence-corrected chi connectivity index (χ1v) is 11.0. The largest absolute Gasteiger partial charge is 0.493 e. The van der Waals surface area contributed by atoms with Gasteiger partial charge in [-0.25, -0.2) is 17.5 Å². The van der Waals surface area contributed by atoms with Gasteiger partial charge in [-0.05, 0) is 49.1 Å². The van der Waals surface area contributed by atoms with Gasteiger partial charge in [0.05, 0.1) is 24.5 Å². The van der Waals surface area contributed by atoms with Crippen molar-refractivity contribution in [2.75, 3.05) is 26.1 Å². The van der Waals surface area contributed by atoms with E-state index in [-0.39, 0.29) is 23.8 Å². The summed E-state index contributed by atoms with van der Waals surface area (Å²) in [5.41, 5.74) is 0.514. The first-order chi connectivity index (χ1) is 12.9. The number of halogens is 1. The maximum atomic E-state index is 14.5. The fourth-order valence-corrected chi connectivity index (χ4v) is 4.29. The minimum absolute atomic E-state index is 0.0492. The SMILES string of the molecule is COCCS(=O)(=O)NC(=O)c1cc(C2CC2)c(OCC2CCCC2)cc1F. The Bertz CT molecular complexity index is 786. The predicted molar refractivity (Wildman–Crippen MR) is 99.0 cm³/mol. The zero-order valence-electron chi connectivity index (χ0n) is 15.5. The molecule has 27 heavy (non-hydrogen) atoms. The fraction of sp³-hybridized carbons (Fsp3) is 0.632. The van der Waals surface area contributed by atoms with Crippen LogP contribution in [0.1, 0.15) is 60.4 Å². The number of rotatable bonds is 9. The molecule has 2 aliphatic rings. The maximum Gasteiger partial charge on any atom is 0.267 e. The summed E-state index contributed by atoms with van der Waals surface area (Å²) in [5.74, 6) is -0.904. The van der Waals surface area contributed by atoms with Crippen LogP contribution in [-0.4, -0.2) is 40.4 Å². The van der Waals surface area contributed by atoms with E-state index in [1.807, 2.05) is 4.72 Å². The van der Waals surface area contributed by atoms with Crippen molar-refractivity contribution in [1.29, 1.82) is 0 Å². The van der Waals surface area contributed by atoms with Gasteiger partial charge in [0.1, 0.15) is 11.6 Å². The number of amides is 1. The first-order valence-electron chi connectivity index (χ1n) is 9.39. The van der Waals surface area contributed by atoms with Crippen molar-refractivity contribution in [2.24, 2.45) is 5.92 Å². The number of methoxy groups -OCH3 is 1. The van der Waals surface area contributed by atoms with E-state index in [9.17, 15) is 17.6 Å². The molecule has 8 heteroatoms. The van der Waals surface area contributed by atoms with E-state index < -0.39 is 21.7 Å². The summed E-state index contributed by atoms with van der Waals surface area (Å²) < 4.78 is 50.8. The van der Waals surface area contributed by atoms with Crippen LogP contribution in [0.5, 0.6) is 5.75 Å². The summed E-state index contributed by atoms with van der Waals surface area (Å²) in [5, 5.41) is 0. The summed E-state index contributed by atoms with van der Waals surface area (Å²) in [4.78, 5) is 12.3. The molecule has 3 rings (SSSR count). The van der Waals surface area contributed by atoms with Gasteiger partial charge in [-0.3, -0.25) is 4.79 Å². The molecule has 0 saturated heterocycles. The van der Waals surface area contributed by atoms with Crippen LogP contribution in [0.3, 0.4) is 0 Å². The Morgan fingerprint density at radius 1 is 1.22 bits per heavy atom. The molecule has 150 valence electrons. The normalized spacial score (nSPS) is 17.9. The summed E-state index contributed by atoms with van der Waals surface area (Å²) >= 11 is 0. The monoisotopic (exact) mass is 399 g/mol. The van der Waals surface area contributed by atoms with E-state index in [0.29, 0.717) is 18.3 Å². The van der Waals surface area contributed by atoms with Crippen LogP contribution in [0, 0.1) is 11.7 Å². The first kappa shape index (κ1) is 20.1. The summed E-state index contributed by atoms with van der Waals surface area (Å²) in [6, 6.07) is 2.66. The molecule has 1 amide bonds. The van der Waals surface area contributed by atoms with Crippen molar-refractivity contribution < 1.29 is 27.1 Å². The lowest BCUT2D eigenvalue weighted by Gasteiger charge is -2.16. The molecule has 0 atom stereocenters. The molecule has 0 unspecified atom stereocenters. The van der Waals surface area contributed by atoms with Crippen molar-refractivity contribution in [3.8, 4) is 5.75 Å². The third kappa shape index (κ3) is 5.42. The Hall–Kier alpha value is -1.67. The Morgan fingerprint density at radius 2 is 1.93 bits per heavy atom. The number of ether oxygens (including phenoxy) is 2. The molecule has 0 spiro atoms. The molecule has 1 aromatic carbocycles. The van der Waals surface area contributed by atoms with E-state index in [4.69, 9.17) is 9.47 Å². The Labute approximate surface area is 159 Å². The van der Waals surface area contributed by atoms with Crippen LogP contribution in [0.25, 0.3) is 0 Å². The van der Waals surface area contributed by atoms with Gasteiger partial charge in [0, 0.05) is 13.2 Å². The minimum atomic E-state index is -3.88. The van der Waals surface area contributed by atoms with Crippen molar-refractivity contribution in [3.63, 3.8) is 0 Å². The van der Waals surface area contributed by atoms with E-state index in [1.165, 1.54) is 32.1 Å². The molecular formula is C19H26FNO5S. The molecule has 6 nitrogen and oxygen atoms in total. The van der Waals surface area contributed by atoms with Gasteiger partial charge in [0.2, 0.25) is 10.0 Å². The summed E-state index contributed by atoms with van der Waals surface area (Å²) in [7, 11) is -2.51. The predicted octanol–water partition coefficient (Wildman–Crippen LogP) is 2.98. The number of hydrogen-bond acceptors (Lipinski definition) is 5. The zero-order valence-corrected chi connectivity index (χ0v) is 16.3. The quantitative estimate of drug-likeness (QED) is 0.690. The topological polar surface area (TPSA) is 81.7 Å². The highest BCUT2D eigenvalue weighted by molar-refractivity contribution is 7.90. The third-order valence-corrected chi connectivity index (χ3v) is 6.32. The summed E-state index contributed by atoms with van der Waals surface area (Å²) in [6.45, 7) is 0.502. The van der Waals surface area contributed by atoms with Gasteiger partial charge in [-0.15, -0.1) is 0 Å². The number of carbonyl (C=O) groups excluding carboxylic acids is 1. The molecule has 2 fully saturated rings. The van der Waals surface area contributed by atoms with Crippen LogP contribution in [0.15, 0.2) is 12.1 Å². The highest BCUT2D eigenvalue weighted by Gasteiger charge is 2.30. The lowest BCUT2D eigenvalue weighted by atomic mass is 10.0. The van der Waals surface area contributed by atoms with Gasteiger partial charge in [-0.2, -0.15) is 0 Å². The molecule has 2 saturated carbocycles. The number of hydrogen-bond donors (Lipinski definition) is 1. The van der Waals surface area contributed by atoms with Crippen molar-refractivity contribution >= 4 is 15.9 Å². The number of nitrogens with one attached hydrogen (secondary N) is 1. The highest BCUT2D eigenvalue weighted by atomic mass is 32.2. The number of benzene rings is 1. The molecule has 2 aliphatic carbocycles. The van der Waals surface area contributed by atoms with Gasteiger partial charge in [0.25, 0.3) is 5.91 Å². The van der Waals surface area contributed by atoms with E-state index in [0.717, 1.165) is 31.2 Å². The Balaban J connectivity index is 1.75. The summed E-state index contributed by atoms with van der Waals surface area (Å²) in [6.07, 6.45) is 6.57. The van der Waals surface area contributed by atoms with Crippen LogP contribution in [0.4, 0.5) is 4.39 Å². The lowest BCUT2D eigenvalue weighted by Crippen LogP contribution is -2.34. The average molecular weight is 399 g/mol. The molecule has 0 aromatic heterocycles. The van der Waals surface area contributed by atoms with Gasteiger partial charge in [0.15, 0.2) is 0 Å². The van der Waals surface area contributed by atoms with E-state index >= 15 is 0 Å². The Kier molecular flexibility index (Phi) is 6.37. The Morgan fingerprint density at radius 3 is 2.56 bits per heavy atom. The number of carbonyl (C=O) groups is 1. The second kappa shape index (κ2) is 8.56. The lowest BCUT2D eigenvalue weighted by molar-refractivity contribution is 0.0977. The zero-order chi connectivity index (χ0) is 19.4. The van der Waals surface area contributed by atoms with Crippen LogP contribution in [0.2, 0.25) is 0 Å². The maximum absolute atomic E-state index is 14.5. The molecule has 0 bridgehead atoms. The van der Waals surface area contributed by atoms with Crippen LogP contribution >= 0.6 is 0 Å². The van der Waals surface area contributed by atoms with Gasteiger partial charge >= 0.3 is 0 Å².